The summed E-state index contributed by atoms with van der Waals surface area (Å²) >= 11 is 0. The van der Waals surface area contributed by atoms with Gasteiger partial charge in [-0.05, 0) is 156 Å². The number of nitrogens with one attached hydrogen (secondary N) is 3. The van der Waals surface area contributed by atoms with Gasteiger partial charge in [0.2, 0.25) is 23.6 Å². The zero-order valence-corrected chi connectivity index (χ0v) is 65.0. The molecule has 0 spiro atoms. The highest BCUT2D eigenvalue weighted by molar-refractivity contribution is 5.97. The summed E-state index contributed by atoms with van der Waals surface area (Å²) in [6.07, 6.45) is 7.23. The summed E-state index contributed by atoms with van der Waals surface area (Å²) in [5.74, 6) is -13.4. The van der Waals surface area contributed by atoms with Gasteiger partial charge in [0, 0.05) is 136 Å². The second-order valence-corrected chi connectivity index (χ2v) is 30.3. The molecule has 0 radical (unpaired) electrons. The smallest absolute Gasteiger partial charge is 0.301 e. The number of likely N-dealkylation sites (tertiary alicyclic amines) is 3. The van der Waals surface area contributed by atoms with Gasteiger partial charge in [0.25, 0.3) is 11.8 Å². The molecule has 8 N–H and O–H groups in total. The minimum atomic E-state index is -3.46. The molecule has 0 unspecified atom stereocenters. The van der Waals surface area contributed by atoms with Gasteiger partial charge in [-0.1, -0.05) is 24.3 Å². The fourth-order valence-corrected chi connectivity index (χ4v) is 14.8. The molecule has 8 heterocycles. The van der Waals surface area contributed by atoms with E-state index in [1.165, 1.54) is 48.8 Å². The average Bonchev–Trinajstić information content (AvgIpc) is 1.63. The van der Waals surface area contributed by atoms with E-state index in [4.69, 9.17) is 29.5 Å². The fraction of sp³-hybridized carbons (Fsp3) is 0.365. The van der Waals surface area contributed by atoms with Gasteiger partial charge in [-0.25, -0.2) is 26.3 Å². The van der Waals surface area contributed by atoms with E-state index in [1.807, 2.05) is 62.9 Å². The van der Waals surface area contributed by atoms with E-state index in [-0.39, 0.29) is 126 Å². The Kier molecular flexibility index (Phi) is 25.9. The van der Waals surface area contributed by atoms with Crippen LogP contribution in [0.2, 0.25) is 0 Å². The zero-order valence-electron chi connectivity index (χ0n) is 65.0. The molecule has 36 heteroatoms. The van der Waals surface area contributed by atoms with E-state index in [2.05, 4.69) is 41.1 Å². The first-order valence-corrected chi connectivity index (χ1v) is 38.6. The van der Waals surface area contributed by atoms with Crippen LogP contribution in [0.25, 0.3) is 33.6 Å². The summed E-state index contributed by atoms with van der Waals surface area (Å²) in [6, 6.07) is 37.2. The average molecular weight is 1670 g/mol. The van der Waals surface area contributed by atoms with Gasteiger partial charge in [-0.3, -0.25) is 53.1 Å². The number of aliphatic hydroxyl groups is 5. The lowest BCUT2D eigenvalue weighted by Crippen LogP contribution is -2.57. The summed E-state index contributed by atoms with van der Waals surface area (Å²) in [5.41, 5.74) is 8.23. The van der Waals surface area contributed by atoms with E-state index in [1.54, 1.807) is 94.8 Å². The highest BCUT2D eigenvalue weighted by atomic mass is 19.3. The number of aliphatic hydroxyl groups excluding tert-OH is 5. The molecule has 121 heavy (non-hydrogen) atoms. The predicted octanol–water partition coefficient (Wildman–Crippen LogP) is 8.10. The number of halogens is 6. The number of carbonyl (C=O) groups is 6. The van der Waals surface area contributed by atoms with Crippen molar-refractivity contribution in [2.45, 2.75) is 105 Å². The number of benzene rings is 4. The molecule has 6 amide bonds. The van der Waals surface area contributed by atoms with Crippen LogP contribution in [-0.2, 0) is 42.9 Å². The fourth-order valence-electron chi connectivity index (χ4n) is 14.8. The first kappa shape index (κ1) is 85.7. The number of nitrogens with zero attached hydrogens (tertiary/aromatic N) is 13. The van der Waals surface area contributed by atoms with E-state index in [9.17, 15) is 81.1 Å². The van der Waals surface area contributed by atoms with Crippen molar-refractivity contribution < 1.29 is 94.9 Å². The maximum Gasteiger partial charge on any atom is 0.301 e. The topological polar surface area (TPSA) is 423 Å². The lowest BCUT2D eigenvalue weighted by molar-refractivity contribution is -0.167. The summed E-state index contributed by atoms with van der Waals surface area (Å²) in [6.45, 7) is -5.60. The molecule has 3 saturated carbocycles. The molecule has 3 saturated heterocycles. The predicted molar refractivity (Wildman–Crippen MR) is 419 cm³/mol. The maximum atomic E-state index is 14.9. The first-order chi connectivity index (χ1) is 58.0. The van der Waals surface area contributed by atoms with Crippen LogP contribution < -0.4 is 30.2 Å². The molecule has 628 valence electrons. The van der Waals surface area contributed by atoms with E-state index in [0.717, 1.165) is 50.7 Å². The number of amides is 6. The second kappa shape index (κ2) is 36.6. The van der Waals surface area contributed by atoms with Crippen molar-refractivity contribution in [3.8, 4) is 69.1 Å². The third kappa shape index (κ3) is 20.4. The van der Waals surface area contributed by atoms with Crippen molar-refractivity contribution in [3.63, 3.8) is 0 Å². The first-order valence-electron chi connectivity index (χ1n) is 38.6. The standard InChI is InChI=1S/C30H28F2N4O5.C28H28F2N6O5.C27H26F2N6O4/c31-30(32)17-36(29(40)25(38)16-37)10-8-27(30)41-26-7-6-19(11-21(26)14-33)18-3-1-5-22(12-18)35-28(39)24-13-23(24)20-4-2-9-34-15-20;1-35-13-18(12-33-35)20-10-21(20)26(39)34-19-4-6-32-22(9-19)16-2-3-24(17(8-16)11-31)41-25-5-7-36(15-28(25,29)30)27(40)23(38)14-37;1-34-13-18(12-32-34)20-10-21(20)26(38)33-19-4-6-31-22(9-19)16-2-3-23(17(8-16)11-30)39-24-5-7-35(25(37)14-36)15-27(24,28)29/h1-7,9,11-12,15,23-25,27,37-38H,8,10,13,16-17H2,(H,35,39);2-4,6,8-9,12-13,20-21,23,25,37-38H,5,7,10,14-15H2,1H3,(H,32,34,39);2-4,6,8-9,12-13,20-21,24,36H,5,7,10,14-15H2,1H3,(H,31,33,38)/t23-,24+,25-,27-;20-,21+,23-,25-;20-,21+,24-/m000/s1. The summed E-state index contributed by atoms with van der Waals surface area (Å²) in [7, 11) is 3.66. The Labute approximate surface area is 688 Å². The Hall–Kier alpha value is -13.2. The van der Waals surface area contributed by atoms with E-state index in [0.29, 0.717) is 50.7 Å². The van der Waals surface area contributed by atoms with Crippen LogP contribution in [0.4, 0.5) is 43.4 Å². The van der Waals surface area contributed by atoms with Crippen LogP contribution >= 0.6 is 0 Å². The van der Waals surface area contributed by atoms with Gasteiger partial charge in [0.05, 0.1) is 73.3 Å². The summed E-state index contributed by atoms with van der Waals surface area (Å²) in [4.78, 5) is 89.2. The lowest BCUT2D eigenvalue weighted by atomic mass is 10.0. The minimum absolute atomic E-state index is 0.00585. The Bertz CT molecular complexity index is 5490. The molecular formula is C85H82F6N16O14. The molecule has 0 bridgehead atoms. The number of alkyl halides is 6. The highest BCUT2D eigenvalue weighted by Crippen LogP contribution is 2.51. The molecule has 11 atom stereocenters. The van der Waals surface area contributed by atoms with Gasteiger partial charge in [-0.15, -0.1) is 0 Å². The molecule has 3 aliphatic carbocycles. The molecule has 5 aromatic heterocycles. The minimum Gasteiger partial charge on any atom is -0.483 e. The zero-order chi connectivity index (χ0) is 86.2. The van der Waals surface area contributed by atoms with Crippen LogP contribution in [0.15, 0.2) is 165 Å². The van der Waals surface area contributed by atoms with Crippen molar-refractivity contribution in [1.29, 1.82) is 15.8 Å². The Morgan fingerprint density at radius 1 is 0.479 bits per heavy atom. The molecular weight excluding hydrogens is 1580 g/mol. The Morgan fingerprint density at radius 2 is 0.868 bits per heavy atom. The number of nitriles is 3. The molecule has 6 aliphatic rings. The van der Waals surface area contributed by atoms with Gasteiger partial charge in [0.15, 0.2) is 30.5 Å². The molecule has 30 nitrogen and oxygen atoms in total. The van der Waals surface area contributed by atoms with Gasteiger partial charge in [0.1, 0.15) is 42.1 Å². The lowest BCUT2D eigenvalue weighted by Gasteiger charge is -2.38. The molecule has 4 aromatic carbocycles. The molecule has 3 aliphatic heterocycles. The second-order valence-electron chi connectivity index (χ2n) is 30.3. The number of ether oxygens (including phenoxy) is 3. The van der Waals surface area contributed by atoms with E-state index >= 15 is 0 Å². The normalized spacial score (nSPS) is 21.8. The number of anilines is 3. The van der Waals surface area contributed by atoms with Crippen molar-refractivity contribution in [2.24, 2.45) is 31.8 Å². The van der Waals surface area contributed by atoms with Crippen molar-refractivity contribution in [1.82, 2.24) is 49.2 Å². The van der Waals surface area contributed by atoms with Gasteiger partial charge >= 0.3 is 17.8 Å². The Balaban J connectivity index is 0.000000157. The molecule has 6 fully saturated rings. The summed E-state index contributed by atoms with van der Waals surface area (Å²) < 4.78 is 109. The largest absolute Gasteiger partial charge is 0.483 e. The highest BCUT2D eigenvalue weighted by Gasteiger charge is 2.52. The number of carbonyl (C=O) groups excluding carboxylic acids is 6. The number of aromatic nitrogens is 7. The van der Waals surface area contributed by atoms with Crippen LogP contribution in [0.3, 0.4) is 0 Å². The van der Waals surface area contributed by atoms with Crippen LogP contribution in [0.1, 0.15) is 89.7 Å². The number of pyridine rings is 3. The quantitative estimate of drug-likeness (QED) is 0.0280. The Morgan fingerprint density at radius 3 is 1.25 bits per heavy atom. The van der Waals surface area contributed by atoms with E-state index < -0.39 is 105 Å². The number of hydrogen-bond acceptors (Lipinski definition) is 22. The summed E-state index contributed by atoms with van der Waals surface area (Å²) in [5, 5.41) is 92.0. The van der Waals surface area contributed by atoms with Crippen molar-refractivity contribution in [3.05, 3.63) is 198 Å². The maximum absolute atomic E-state index is 14.9. The van der Waals surface area contributed by atoms with Crippen molar-refractivity contribution in [2.75, 3.05) is 75.0 Å². The van der Waals surface area contributed by atoms with Gasteiger partial charge < -0.3 is 70.4 Å². The SMILES string of the molecule is Cn1cc([C@@H]2C[C@H]2C(=O)Nc2ccnc(-c3ccc(O[C@H]4CCN(C(=O)CO)CC4(F)F)c(C#N)c3)c2)cn1.Cn1cc([C@@H]2C[C@H]2C(=O)Nc2ccnc(-c3ccc(O[C@H]4CCN(C(=O)[C@@H](O)CO)CC4(F)F)c(C#N)c3)c2)cn1.N#Cc1cc(-c2cccc(NC(=O)[C@@H]3C[C@H]3c3cccnc3)c2)ccc1O[C@H]1CCN(C(=O)[C@@H](O)CO)CC1(F)F. The monoisotopic (exact) mass is 1660 g/mol. The third-order valence-electron chi connectivity index (χ3n) is 21.6. The number of hydrogen-bond donors (Lipinski definition) is 8. The number of aryl methyl sites for hydroxylation is 2. The van der Waals surface area contributed by atoms with Gasteiger partial charge in [-0.2, -0.15) is 26.0 Å². The van der Waals surface area contributed by atoms with Crippen LogP contribution in [-0.4, -0.2) is 218 Å². The van der Waals surface area contributed by atoms with Crippen molar-refractivity contribution >= 4 is 52.5 Å². The number of rotatable bonds is 23. The molecule has 15 rings (SSSR count). The molecule has 9 aromatic rings. The van der Waals surface area contributed by atoms with Crippen LogP contribution in [0.5, 0.6) is 17.2 Å². The number of piperidine rings is 3. The third-order valence-corrected chi connectivity index (χ3v) is 21.6. The van der Waals surface area contributed by atoms with Crippen LogP contribution in [0, 0.1) is 51.7 Å².